The predicted octanol–water partition coefficient (Wildman–Crippen LogP) is 2.44. The Morgan fingerprint density at radius 1 is 1.46 bits per heavy atom. The first-order valence-electron chi connectivity index (χ1n) is 5.19. The van der Waals surface area contributed by atoms with Gasteiger partial charge in [0.25, 0.3) is 0 Å². The molecule has 13 heavy (non-hydrogen) atoms. The second kappa shape index (κ2) is 3.72. The first-order chi connectivity index (χ1) is 5.99. The lowest BCUT2D eigenvalue weighted by Gasteiger charge is -2.41. The Morgan fingerprint density at radius 3 is 2.54 bits per heavy atom. The van der Waals surface area contributed by atoms with Crippen LogP contribution in [0.15, 0.2) is 0 Å². The fraction of sp³-hybridized carbons (Fsp3) is 0.833. The number of rotatable bonds is 1. The summed E-state index contributed by atoms with van der Waals surface area (Å²) in [6.45, 7) is 6.45. The molecule has 0 spiro atoms. The number of aliphatic hydroxyl groups is 1. The van der Waals surface area contributed by atoms with Crippen molar-refractivity contribution in [3.05, 3.63) is 0 Å². The van der Waals surface area contributed by atoms with Crippen LogP contribution < -0.4 is 0 Å². The van der Waals surface area contributed by atoms with Crippen molar-refractivity contribution in [3.8, 4) is 12.3 Å². The Labute approximate surface area is 81.5 Å². The van der Waals surface area contributed by atoms with Gasteiger partial charge in [-0.15, -0.1) is 6.42 Å². The van der Waals surface area contributed by atoms with E-state index in [0.29, 0.717) is 11.8 Å². The first-order valence-corrected chi connectivity index (χ1v) is 5.19. The zero-order valence-corrected chi connectivity index (χ0v) is 8.88. The van der Waals surface area contributed by atoms with Crippen LogP contribution >= 0.6 is 0 Å². The summed E-state index contributed by atoms with van der Waals surface area (Å²) >= 11 is 0. The van der Waals surface area contributed by atoms with Crippen LogP contribution in [-0.4, -0.2) is 10.7 Å². The lowest BCUT2D eigenvalue weighted by molar-refractivity contribution is -0.0325. The summed E-state index contributed by atoms with van der Waals surface area (Å²) in [6, 6.07) is 0. The van der Waals surface area contributed by atoms with Gasteiger partial charge in [0.2, 0.25) is 0 Å². The summed E-state index contributed by atoms with van der Waals surface area (Å²) in [4.78, 5) is 0. The van der Waals surface area contributed by atoms with E-state index in [-0.39, 0.29) is 5.92 Å². The highest BCUT2D eigenvalue weighted by Gasteiger charge is 2.41. The largest absolute Gasteiger partial charge is 0.377 e. The molecule has 1 saturated carbocycles. The summed E-state index contributed by atoms with van der Waals surface area (Å²) in [6.07, 6.45) is 8.47. The number of hydrogen-bond acceptors (Lipinski definition) is 1. The molecule has 0 aromatic carbocycles. The Morgan fingerprint density at radius 2 is 2.08 bits per heavy atom. The monoisotopic (exact) mass is 180 g/mol. The second-order valence-electron chi connectivity index (χ2n) is 4.81. The molecule has 1 aliphatic carbocycles. The van der Waals surface area contributed by atoms with Crippen molar-refractivity contribution in [2.75, 3.05) is 0 Å². The van der Waals surface area contributed by atoms with Crippen molar-refractivity contribution < 1.29 is 5.11 Å². The normalized spacial score (nSPS) is 40.3. The van der Waals surface area contributed by atoms with E-state index >= 15 is 0 Å². The molecule has 1 rings (SSSR count). The molecule has 0 amide bonds. The van der Waals surface area contributed by atoms with Crippen LogP contribution in [0.2, 0.25) is 0 Å². The molecule has 0 aliphatic heterocycles. The van der Waals surface area contributed by atoms with Gasteiger partial charge in [0.05, 0.1) is 0 Å². The maximum Gasteiger partial charge on any atom is 0.128 e. The summed E-state index contributed by atoms with van der Waals surface area (Å²) in [7, 11) is 0. The van der Waals surface area contributed by atoms with E-state index in [1.807, 2.05) is 0 Å². The third-order valence-corrected chi connectivity index (χ3v) is 3.30. The summed E-state index contributed by atoms with van der Waals surface area (Å²) < 4.78 is 0. The highest BCUT2D eigenvalue weighted by atomic mass is 16.3. The Bertz CT molecular complexity index is 214. The zero-order valence-electron chi connectivity index (χ0n) is 8.88. The molecule has 1 aliphatic rings. The highest BCUT2D eigenvalue weighted by molar-refractivity contribution is 5.13. The van der Waals surface area contributed by atoms with Gasteiger partial charge in [-0.2, -0.15) is 0 Å². The van der Waals surface area contributed by atoms with Crippen molar-refractivity contribution in [3.63, 3.8) is 0 Å². The topological polar surface area (TPSA) is 20.2 Å². The van der Waals surface area contributed by atoms with Gasteiger partial charge in [-0.05, 0) is 24.7 Å². The molecule has 0 saturated heterocycles. The molecule has 0 aromatic rings. The fourth-order valence-corrected chi connectivity index (χ4v) is 2.54. The maximum atomic E-state index is 10.2. The van der Waals surface area contributed by atoms with Crippen molar-refractivity contribution in [2.24, 2.45) is 17.8 Å². The van der Waals surface area contributed by atoms with Gasteiger partial charge in [-0.1, -0.05) is 33.1 Å². The minimum Gasteiger partial charge on any atom is -0.377 e. The van der Waals surface area contributed by atoms with Gasteiger partial charge in [-0.25, -0.2) is 0 Å². The molecule has 0 radical (unpaired) electrons. The van der Waals surface area contributed by atoms with Gasteiger partial charge >= 0.3 is 0 Å². The molecule has 1 fully saturated rings. The first kappa shape index (κ1) is 10.6. The van der Waals surface area contributed by atoms with Crippen molar-refractivity contribution in [2.45, 2.75) is 45.6 Å². The van der Waals surface area contributed by atoms with E-state index in [0.717, 1.165) is 12.8 Å². The van der Waals surface area contributed by atoms with Crippen LogP contribution in [0.4, 0.5) is 0 Å². The van der Waals surface area contributed by atoms with Crippen LogP contribution in [0.1, 0.15) is 40.0 Å². The van der Waals surface area contributed by atoms with Gasteiger partial charge < -0.3 is 5.11 Å². The van der Waals surface area contributed by atoms with Crippen LogP contribution in [0.25, 0.3) is 0 Å². The van der Waals surface area contributed by atoms with Gasteiger partial charge in [0.1, 0.15) is 5.60 Å². The van der Waals surface area contributed by atoms with Gasteiger partial charge in [-0.3, -0.25) is 0 Å². The average molecular weight is 180 g/mol. The quantitative estimate of drug-likeness (QED) is 0.614. The number of hydrogen-bond donors (Lipinski definition) is 1. The summed E-state index contributed by atoms with van der Waals surface area (Å²) in [5.74, 6) is 3.93. The lowest BCUT2D eigenvalue weighted by Crippen LogP contribution is -2.44. The van der Waals surface area contributed by atoms with Crippen LogP contribution in [-0.2, 0) is 0 Å². The molecule has 0 aromatic heterocycles. The van der Waals surface area contributed by atoms with E-state index in [1.54, 1.807) is 0 Å². The average Bonchev–Trinajstić information content (AvgIpc) is 2.03. The van der Waals surface area contributed by atoms with Crippen molar-refractivity contribution in [1.82, 2.24) is 0 Å². The van der Waals surface area contributed by atoms with E-state index in [2.05, 4.69) is 26.7 Å². The summed E-state index contributed by atoms with van der Waals surface area (Å²) in [5.41, 5.74) is -0.841. The highest BCUT2D eigenvalue weighted by Crippen LogP contribution is 2.40. The van der Waals surface area contributed by atoms with Gasteiger partial charge in [0, 0.05) is 5.92 Å². The zero-order chi connectivity index (χ0) is 10.1. The molecule has 1 N–H and O–H groups in total. The SMILES string of the molecule is C#C[C@@]1(O)C[C@H](C)CC[C@H]1C(C)C. The Kier molecular flexibility index (Phi) is 3.03. The second-order valence-corrected chi connectivity index (χ2v) is 4.81. The minimum atomic E-state index is -0.841. The molecule has 3 atom stereocenters. The molecule has 74 valence electrons. The minimum absolute atomic E-state index is 0.286. The van der Waals surface area contributed by atoms with Crippen LogP contribution in [0, 0.1) is 30.1 Å². The van der Waals surface area contributed by atoms with Crippen LogP contribution in [0.5, 0.6) is 0 Å². The van der Waals surface area contributed by atoms with Crippen molar-refractivity contribution >= 4 is 0 Å². The van der Waals surface area contributed by atoms with E-state index < -0.39 is 5.60 Å². The fourth-order valence-electron chi connectivity index (χ4n) is 2.54. The van der Waals surface area contributed by atoms with Gasteiger partial charge in [0.15, 0.2) is 0 Å². The van der Waals surface area contributed by atoms with E-state index in [9.17, 15) is 5.11 Å². The molecule has 1 heteroatoms. The smallest absolute Gasteiger partial charge is 0.128 e. The molecule has 0 unspecified atom stereocenters. The van der Waals surface area contributed by atoms with Crippen LogP contribution in [0.3, 0.4) is 0 Å². The third-order valence-electron chi connectivity index (χ3n) is 3.30. The maximum absolute atomic E-state index is 10.2. The molecule has 0 heterocycles. The summed E-state index contributed by atoms with van der Waals surface area (Å²) in [5, 5.41) is 10.2. The van der Waals surface area contributed by atoms with E-state index in [1.165, 1.54) is 6.42 Å². The Hall–Kier alpha value is -0.480. The Balaban J connectivity index is 2.80. The predicted molar refractivity (Wildman–Crippen MR) is 55.1 cm³/mol. The molecule has 1 nitrogen and oxygen atoms in total. The van der Waals surface area contributed by atoms with Crippen molar-refractivity contribution in [1.29, 1.82) is 0 Å². The third kappa shape index (κ3) is 2.06. The molecular weight excluding hydrogens is 160 g/mol. The number of terminal acetylenes is 1. The molecule has 0 bridgehead atoms. The standard InChI is InChI=1S/C12H20O/c1-5-12(13)8-10(4)6-7-11(12)9(2)3/h1,9-11,13H,6-8H2,2-4H3/t10-,11+,12-/m1/s1. The molecular formula is C12H20O. The lowest BCUT2D eigenvalue weighted by atomic mass is 9.67. The van der Waals surface area contributed by atoms with E-state index in [4.69, 9.17) is 6.42 Å².